The van der Waals surface area contributed by atoms with Crippen LogP contribution in [-0.4, -0.2) is 41.8 Å². The molecule has 6 heteroatoms. The number of nitrogens with one attached hydrogen (secondary N) is 1. The molecular formula is C12H21N3O2S. The Hall–Kier alpha value is -0.880. The number of rotatable bonds is 4. The van der Waals surface area contributed by atoms with Gasteiger partial charge in [0.1, 0.15) is 0 Å². The highest BCUT2D eigenvalue weighted by molar-refractivity contribution is 7.89. The number of aromatic nitrogens is 2. The second-order valence-electron chi connectivity index (χ2n) is 5.00. The highest BCUT2D eigenvalue weighted by Gasteiger charge is 2.28. The molecule has 0 aliphatic carbocycles. The van der Waals surface area contributed by atoms with Gasteiger partial charge in [0.2, 0.25) is 10.0 Å². The van der Waals surface area contributed by atoms with E-state index in [9.17, 15) is 8.42 Å². The summed E-state index contributed by atoms with van der Waals surface area (Å²) in [5.41, 5.74) is 2.29. The maximum atomic E-state index is 11.9. The van der Waals surface area contributed by atoms with Crippen LogP contribution in [0.5, 0.6) is 0 Å². The summed E-state index contributed by atoms with van der Waals surface area (Å²) < 4.78 is 25.4. The van der Waals surface area contributed by atoms with E-state index in [0.717, 1.165) is 30.5 Å². The summed E-state index contributed by atoms with van der Waals surface area (Å²) in [6.07, 6.45) is 4.76. The van der Waals surface area contributed by atoms with Crippen LogP contribution in [-0.2, 0) is 16.4 Å². The number of piperidine rings is 1. The van der Waals surface area contributed by atoms with E-state index in [1.54, 1.807) is 11.2 Å². The molecule has 1 aromatic rings. The molecule has 1 saturated heterocycles. The van der Waals surface area contributed by atoms with E-state index in [1.807, 2.05) is 13.1 Å². The van der Waals surface area contributed by atoms with Crippen molar-refractivity contribution < 1.29 is 8.42 Å². The van der Waals surface area contributed by atoms with Crippen molar-refractivity contribution in [3.05, 3.63) is 17.5 Å². The van der Waals surface area contributed by atoms with Crippen LogP contribution >= 0.6 is 0 Å². The van der Waals surface area contributed by atoms with E-state index in [1.165, 1.54) is 0 Å². The minimum atomic E-state index is -3.04. The van der Waals surface area contributed by atoms with Crippen molar-refractivity contribution in [1.29, 1.82) is 0 Å². The molecular weight excluding hydrogens is 250 g/mol. The number of H-pyrrole nitrogens is 1. The summed E-state index contributed by atoms with van der Waals surface area (Å²) in [6, 6.07) is 0. The molecule has 1 atom stereocenters. The third-order valence-electron chi connectivity index (χ3n) is 3.67. The van der Waals surface area contributed by atoms with Gasteiger partial charge in [-0.05, 0) is 44.6 Å². The van der Waals surface area contributed by atoms with Gasteiger partial charge in [-0.2, -0.15) is 5.10 Å². The molecule has 102 valence electrons. The lowest BCUT2D eigenvalue weighted by Gasteiger charge is -2.31. The molecule has 18 heavy (non-hydrogen) atoms. The van der Waals surface area contributed by atoms with Crippen molar-refractivity contribution in [2.45, 2.75) is 33.1 Å². The quantitative estimate of drug-likeness (QED) is 0.898. The fraction of sp³-hybridized carbons (Fsp3) is 0.750. The Morgan fingerprint density at radius 2 is 2.33 bits per heavy atom. The van der Waals surface area contributed by atoms with Gasteiger partial charge >= 0.3 is 0 Å². The average Bonchev–Trinajstić information content (AvgIpc) is 2.75. The van der Waals surface area contributed by atoms with Crippen LogP contribution in [0.15, 0.2) is 6.20 Å². The molecule has 1 fully saturated rings. The maximum absolute atomic E-state index is 11.9. The Bertz CT molecular complexity index is 495. The van der Waals surface area contributed by atoms with Crippen LogP contribution in [0.3, 0.4) is 0 Å². The molecule has 0 amide bonds. The van der Waals surface area contributed by atoms with Crippen LogP contribution < -0.4 is 0 Å². The summed E-state index contributed by atoms with van der Waals surface area (Å²) in [4.78, 5) is 0. The lowest BCUT2D eigenvalue weighted by molar-refractivity contribution is 0.264. The molecule has 0 unspecified atom stereocenters. The highest BCUT2D eigenvalue weighted by Crippen LogP contribution is 2.23. The molecule has 1 aliphatic heterocycles. The molecule has 0 spiro atoms. The standard InChI is InChI=1S/C12H21N3O2S/c1-3-18(16,17)15-6-4-5-11(9-15)7-12-10(2)8-13-14-12/h8,11H,3-7,9H2,1-2H3,(H,13,14)/t11-/m1/s1. The third kappa shape index (κ3) is 2.92. The second kappa shape index (κ2) is 5.40. The van der Waals surface area contributed by atoms with Crippen LogP contribution in [0, 0.1) is 12.8 Å². The minimum Gasteiger partial charge on any atom is -0.282 e. The Balaban J connectivity index is 2.01. The predicted molar refractivity (Wildman–Crippen MR) is 70.8 cm³/mol. The van der Waals surface area contributed by atoms with Crippen molar-refractivity contribution in [1.82, 2.24) is 14.5 Å². The number of aromatic amines is 1. The van der Waals surface area contributed by atoms with Gasteiger partial charge in [0, 0.05) is 18.8 Å². The molecule has 2 heterocycles. The molecule has 5 nitrogen and oxygen atoms in total. The van der Waals surface area contributed by atoms with Crippen molar-refractivity contribution in [3.8, 4) is 0 Å². The zero-order valence-corrected chi connectivity index (χ0v) is 11.8. The fourth-order valence-electron chi connectivity index (χ4n) is 2.50. The van der Waals surface area contributed by atoms with Gasteiger partial charge in [0.05, 0.1) is 11.9 Å². The summed E-state index contributed by atoms with van der Waals surface area (Å²) in [5.74, 6) is 0.599. The number of hydrogen-bond donors (Lipinski definition) is 1. The summed E-state index contributed by atoms with van der Waals surface area (Å²) in [7, 11) is -3.04. The van der Waals surface area contributed by atoms with Crippen LogP contribution in [0.1, 0.15) is 31.0 Å². The molecule has 0 radical (unpaired) electrons. The summed E-state index contributed by atoms with van der Waals surface area (Å²) in [5, 5.41) is 7.02. The zero-order valence-electron chi connectivity index (χ0n) is 11.0. The van der Waals surface area contributed by atoms with Gasteiger partial charge in [-0.1, -0.05) is 0 Å². The van der Waals surface area contributed by atoms with E-state index in [2.05, 4.69) is 10.2 Å². The second-order valence-corrected chi connectivity index (χ2v) is 7.26. The Labute approximate surface area is 109 Å². The van der Waals surface area contributed by atoms with Gasteiger partial charge in [0.15, 0.2) is 0 Å². The normalized spacial score (nSPS) is 22.2. The fourth-order valence-corrected chi connectivity index (χ4v) is 3.71. The van der Waals surface area contributed by atoms with Crippen molar-refractivity contribution in [2.75, 3.05) is 18.8 Å². The van der Waals surface area contributed by atoms with Gasteiger partial charge in [-0.25, -0.2) is 12.7 Å². The zero-order chi connectivity index (χ0) is 13.2. The lowest BCUT2D eigenvalue weighted by atomic mass is 9.94. The molecule has 1 aromatic heterocycles. The van der Waals surface area contributed by atoms with E-state index in [4.69, 9.17) is 0 Å². The van der Waals surface area contributed by atoms with E-state index in [-0.39, 0.29) is 5.75 Å². The topological polar surface area (TPSA) is 66.1 Å². The Morgan fingerprint density at radius 1 is 1.56 bits per heavy atom. The first-order valence-electron chi connectivity index (χ1n) is 6.49. The van der Waals surface area contributed by atoms with Crippen LogP contribution in [0.25, 0.3) is 0 Å². The summed E-state index contributed by atoms with van der Waals surface area (Å²) >= 11 is 0. The number of sulfonamides is 1. The molecule has 1 aliphatic rings. The van der Waals surface area contributed by atoms with Crippen molar-refractivity contribution in [2.24, 2.45) is 5.92 Å². The Kier molecular flexibility index (Phi) is 4.07. The molecule has 1 N–H and O–H groups in total. The predicted octanol–water partition coefficient (Wildman–Crippen LogP) is 1.32. The lowest BCUT2D eigenvalue weighted by Crippen LogP contribution is -2.41. The first-order chi connectivity index (χ1) is 8.53. The van der Waals surface area contributed by atoms with E-state index < -0.39 is 10.0 Å². The summed E-state index contributed by atoms with van der Waals surface area (Å²) in [6.45, 7) is 5.06. The number of hydrogen-bond acceptors (Lipinski definition) is 3. The number of nitrogens with zero attached hydrogens (tertiary/aromatic N) is 2. The monoisotopic (exact) mass is 271 g/mol. The molecule has 0 bridgehead atoms. The van der Waals surface area contributed by atoms with Crippen molar-refractivity contribution >= 4 is 10.0 Å². The first-order valence-corrected chi connectivity index (χ1v) is 8.10. The van der Waals surface area contributed by atoms with E-state index in [0.29, 0.717) is 19.0 Å². The van der Waals surface area contributed by atoms with Gasteiger partial charge < -0.3 is 0 Å². The van der Waals surface area contributed by atoms with Crippen molar-refractivity contribution in [3.63, 3.8) is 0 Å². The van der Waals surface area contributed by atoms with Crippen LogP contribution in [0.2, 0.25) is 0 Å². The third-order valence-corrected chi connectivity index (χ3v) is 5.51. The molecule has 0 aromatic carbocycles. The molecule has 0 saturated carbocycles. The number of aryl methyl sites for hydroxylation is 1. The smallest absolute Gasteiger partial charge is 0.213 e. The SMILES string of the molecule is CCS(=O)(=O)N1CCC[C@H](Cc2[nH]ncc2C)C1. The largest absolute Gasteiger partial charge is 0.282 e. The van der Waals surface area contributed by atoms with Gasteiger partial charge in [0.25, 0.3) is 0 Å². The van der Waals surface area contributed by atoms with Crippen LogP contribution in [0.4, 0.5) is 0 Å². The van der Waals surface area contributed by atoms with E-state index >= 15 is 0 Å². The average molecular weight is 271 g/mol. The maximum Gasteiger partial charge on any atom is 0.213 e. The van der Waals surface area contributed by atoms with Gasteiger partial charge in [-0.3, -0.25) is 5.10 Å². The minimum absolute atomic E-state index is 0.197. The first kappa shape index (κ1) is 13.5. The molecule has 2 rings (SSSR count). The highest BCUT2D eigenvalue weighted by atomic mass is 32.2. The Morgan fingerprint density at radius 3 is 2.94 bits per heavy atom. The van der Waals surface area contributed by atoms with Gasteiger partial charge in [-0.15, -0.1) is 0 Å².